The summed E-state index contributed by atoms with van der Waals surface area (Å²) in [6.07, 6.45) is 0. The van der Waals surface area contributed by atoms with E-state index in [9.17, 15) is 8.42 Å². The highest BCUT2D eigenvalue weighted by Crippen LogP contribution is 2.25. The normalized spacial score (nSPS) is 11.6. The Balaban J connectivity index is 3.23. The highest BCUT2D eigenvalue weighted by Gasteiger charge is 2.16. The van der Waals surface area contributed by atoms with E-state index in [2.05, 4.69) is 12.8 Å². The van der Waals surface area contributed by atoms with Gasteiger partial charge < -0.3 is 5.73 Å². The van der Waals surface area contributed by atoms with Crippen LogP contribution in [0.4, 0.5) is 5.69 Å². The second-order valence-electron chi connectivity index (χ2n) is 2.73. The van der Waals surface area contributed by atoms with Crippen molar-refractivity contribution in [1.29, 1.82) is 0 Å². The maximum atomic E-state index is 11.5. The zero-order valence-corrected chi connectivity index (χ0v) is 10.6. The number of nitrogen functional groups attached to an aromatic ring is 1. The molecule has 1 rings (SSSR count). The molecule has 7 heteroatoms. The van der Waals surface area contributed by atoms with Crippen LogP contribution in [0.1, 0.15) is 6.92 Å². The minimum Gasteiger partial charge on any atom is -0.398 e. The Bertz CT molecular complexity index is 445. The molecule has 0 aliphatic rings. The molecule has 0 spiro atoms. The van der Waals surface area contributed by atoms with Crippen molar-refractivity contribution in [2.24, 2.45) is 0 Å². The van der Waals surface area contributed by atoms with Gasteiger partial charge in [0.05, 0.1) is 5.69 Å². The van der Waals surface area contributed by atoms with Crippen LogP contribution in [0.25, 0.3) is 0 Å². The lowest BCUT2D eigenvalue weighted by Gasteiger charge is -2.07. The van der Waals surface area contributed by atoms with E-state index in [0.717, 1.165) is 10.6 Å². The number of thioether (sulfide) groups is 1. The van der Waals surface area contributed by atoms with Gasteiger partial charge in [-0.05, 0) is 24.0 Å². The van der Waals surface area contributed by atoms with Gasteiger partial charge in [-0.2, -0.15) is 4.13 Å². The first-order valence-electron chi connectivity index (χ1n) is 4.19. The quantitative estimate of drug-likeness (QED) is 0.438. The number of anilines is 1. The lowest BCUT2D eigenvalue weighted by Crippen LogP contribution is -2.15. The highest BCUT2D eigenvalue weighted by atomic mass is 32.3. The Morgan fingerprint density at radius 2 is 2.20 bits per heavy atom. The molecule has 0 amide bonds. The van der Waals surface area contributed by atoms with E-state index in [1.165, 1.54) is 0 Å². The van der Waals surface area contributed by atoms with Crippen LogP contribution in [0.2, 0.25) is 0 Å². The van der Waals surface area contributed by atoms with Gasteiger partial charge in [-0.1, -0.05) is 19.7 Å². The van der Waals surface area contributed by atoms with Gasteiger partial charge in [0.1, 0.15) is 4.90 Å². The molecule has 0 fully saturated rings. The molecule has 0 aromatic heterocycles. The van der Waals surface area contributed by atoms with Gasteiger partial charge in [0.25, 0.3) is 10.0 Å². The van der Waals surface area contributed by atoms with Crippen LogP contribution in [0.5, 0.6) is 0 Å². The number of thiol groups is 1. The zero-order chi connectivity index (χ0) is 11.5. The molecule has 0 saturated carbocycles. The number of rotatable bonds is 4. The summed E-state index contributed by atoms with van der Waals surface area (Å²) >= 11 is 5.10. The Labute approximate surface area is 99.2 Å². The third-order valence-electron chi connectivity index (χ3n) is 1.71. The third-order valence-corrected chi connectivity index (χ3v) is 4.48. The van der Waals surface area contributed by atoms with Crippen molar-refractivity contribution in [1.82, 2.24) is 4.13 Å². The molecule has 0 unspecified atom stereocenters. The first-order chi connectivity index (χ1) is 7.01. The van der Waals surface area contributed by atoms with Crippen molar-refractivity contribution in [3.05, 3.63) is 18.2 Å². The number of hydrogen-bond acceptors (Lipinski definition) is 5. The number of hydrogen-bond donors (Lipinski definition) is 3. The second-order valence-corrected chi connectivity index (χ2v) is 6.24. The average molecular weight is 264 g/mol. The van der Waals surface area contributed by atoms with Crippen molar-refractivity contribution in [2.45, 2.75) is 16.7 Å². The molecule has 3 N–H and O–H groups in total. The van der Waals surface area contributed by atoms with E-state index >= 15 is 0 Å². The minimum atomic E-state index is -3.59. The van der Waals surface area contributed by atoms with E-state index in [0.29, 0.717) is 0 Å². The SMILES string of the molecule is CCSc1ccc(N)c(S(=O)(=O)NS)c1. The van der Waals surface area contributed by atoms with Crippen LogP contribution < -0.4 is 9.86 Å². The van der Waals surface area contributed by atoms with Crippen LogP contribution in [-0.4, -0.2) is 14.2 Å². The molecular weight excluding hydrogens is 252 g/mol. The minimum absolute atomic E-state index is 0.0657. The van der Waals surface area contributed by atoms with Crippen molar-refractivity contribution in [3.8, 4) is 0 Å². The summed E-state index contributed by atoms with van der Waals surface area (Å²) < 4.78 is 24.9. The lowest BCUT2D eigenvalue weighted by molar-refractivity contribution is 0.595. The van der Waals surface area contributed by atoms with Crippen molar-refractivity contribution >= 4 is 40.3 Å². The van der Waals surface area contributed by atoms with E-state index in [-0.39, 0.29) is 10.6 Å². The summed E-state index contributed by atoms with van der Waals surface area (Å²) in [6.45, 7) is 1.99. The molecule has 0 atom stereocenters. The molecule has 0 bridgehead atoms. The summed E-state index contributed by atoms with van der Waals surface area (Å²) in [5.74, 6) is 0.873. The lowest BCUT2D eigenvalue weighted by atomic mass is 10.3. The summed E-state index contributed by atoms with van der Waals surface area (Å²) in [5.41, 5.74) is 5.80. The van der Waals surface area contributed by atoms with Gasteiger partial charge in [-0.25, -0.2) is 8.42 Å². The van der Waals surface area contributed by atoms with E-state index in [1.54, 1.807) is 30.0 Å². The summed E-state index contributed by atoms with van der Waals surface area (Å²) in [5, 5.41) is 0. The molecule has 0 heterocycles. The summed E-state index contributed by atoms with van der Waals surface area (Å²) in [6, 6.07) is 4.92. The van der Waals surface area contributed by atoms with Crippen molar-refractivity contribution in [2.75, 3.05) is 11.5 Å². The monoisotopic (exact) mass is 264 g/mol. The Hall–Kier alpha value is -0.370. The van der Waals surface area contributed by atoms with E-state index in [1.807, 2.05) is 11.1 Å². The summed E-state index contributed by atoms with van der Waals surface area (Å²) in [7, 11) is -3.59. The van der Waals surface area contributed by atoms with E-state index < -0.39 is 10.0 Å². The van der Waals surface area contributed by atoms with Crippen LogP contribution in [0, 0.1) is 0 Å². The Morgan fingerprint density at radius 3 is 2.73 bits per heavy atom. The molecule has 0 saturated heterocycles. The fraction of sp³-hybridized carbons (Fsp3) is 0.250. The highest BCUT2D eigenvalue weighted by molar-refractivity contribution is 8.00. The predicted molar refractivity (Wildman–Crippen MR) is 66.6 cm³/mol. The van der Waals surface area contributed by atoms with Gasteiger partial charge in [-0.15, -0.1) is 11.8 Å². The van der Waals surface area contributed by atoms with Crippen molar-refractivity contribution in [3.63, 3.8) is 0 Å². The third kappa shape index (κ3) is 3.04. The second kappa shape index (κ2) is 5.11. The molecule has 15 heavy (non-hydrogen) atoms. The van der Waals surface area contributed by atoms with Crippen LogP contribution in [-0.2, 0) is 10.0 Å². The molecule has 4 nitrogen and oxygen atoms in total. The van der Waals surface area contributed by atoms with Gasteiger partial charge in [-0.3, -0.25) is 0 Å². The molecule has 0 aliphatic carbocycles. The topological polar surface area (TPSA) is 72.2 Å². The predicted octanol–water partition coefficient (Wildman–Crippen LogP) is 1.50. The van der Waals surface area contributed by atoms with Gasteiger partial charge in [0.15, 0.2) is 0 Å². The van der Waals surface area contributed by atoms with Crippen molar-refractivity contribution < 1.29 is 8.42 Å². The maximum absolute atomic E-state index is 11.5. The summed E-state index contributed by atoms with van der Waals surface area (Å²) in [4.78, 5) is 0.935. The maximum Gasteiger partial charge on any atom is 0.251 e. The largest absolute Gasteiger partial charge is 0.398 e. The van der Waals surface area contributed by atoms with Gasteiger partial charge in [0, 0.05) is 4.90 Å². The van der Waals surface area contributed by atoms with Crippen LogP contribution in [0.15, 0.2) is 28.0 Å². The van der Waals surface area contributed by atoms with Crippen LogP contribution in [0.3, 0.4) is 0 Å². The first kappa shape index (κ1) is 12.7. The molecule has 1 aromatic carbocycles. The van der Waals surface area contributed by atoms with E-state index in [4.69, 9.17) is 5.73 Å². The first-order valence-corrected chi connectivity index (χ1v) is 7.11. The van der Waals surface area contributed by atoms with Gasteiger partial charge >= 0.3 is 0 Å². The molecule has 0 radical (unpaired) electrons. The Morgan fingerprint density at radius 1 is 1.53 bits per heavy atom. The molecule has 1 aromatic rings. The number of nitrogens with two attached hydrogens (primary N) is 1. The zero-order valence-electron chi connectivity index (χ0n) is 8.10. The fourth-order valence-corrected chi connectivity index (χ4v) is 2.88. The average Bonchev–Trinajstić information content (AvgIpc) is 2.21. The number of benzene rings is 1. The fourth-order valence-electron chi connectivity index (χ4n) is 1.05. The standard InChI is InChI=1S/C8H12N2O2S3/c1-2-14-6-3-4-7(9)8(5-6)15(11,12)10-13/h3-5,10,13H,2,9H2,1H3. The molecule has 84 valence electrons. The Kier molecular flexibility index (Phi) is 4.32. The van der Waals surface area contributed by atoms with Crippen LogP contribution >= 0.6 is 24.6 Å². The molecular formula is C8H12N2O2S3. The number of sulfonamides is 1. The smallest absolute Gasteiger partial charge is 0.251 e. The van der Waals surface area contributed by atoms with Gasteiger partial charge in [0.2, 0.25) is 0 Å². The molecule has 0 aliphatic heterocycles. The number of nitrogens with one attached hydrogen (secondary N) is 1.